The zero-order valence-corrected chi connectivity index (χ0v) is 11.1. The van der Waals surface area contributed by atoms with E-state index in [0.29, 0.717) is 0 Å². The van der Waals surface area contributed by atoms with Gasteiger partial charge >= 0.3 is 0 Å². The summed E-state index contributed by atoms with van der Waals surface area (Å²) in [5.41, 5.74) is 3.14. The summed E-state index contributed by atoms with van der Waals surface area (Å²) in [5.74, 6) is 1.79. The number of rotatable bonds is 4. The van der Waals surface area contributed by atoms with Crippen LogP contribution in [0.25, 0.3) is 11.3 Å². The van der Waals surface area contributed by atoms with Crippen molar-refractivity contribution < 1.29 is 0 Å². The lowest BCUT2D eigenvalue weighted by Gasteiger charge is -2.12. The number of anilines is 1. The van der Waals surface area contributed by atoms with Crippen molar-refractivity contribution in [1.82, 2.24) is 15.0 Å². The summed E-state index contributed by atoms with van der Waals surface area (Å²) in [6.45, 7) is 4.17. The van der Waals surface area contributed by atoms with Crippen LogP contribution in [-0.2, 0) is 6.42 Å². The number of pyridine rings is 1. The summed E-state index contributed by atoms with van der Waals surface area (Å²) in [6.07, 6.45) is 5.51. The monoisotopic (exact) mass is 242 g/mol. The topological polar surface area (TPSA) is 50.7 Å². The summed E-state index contributed by atoms with van der Waals surface area (Å²) in [6, 6.07) is 3.95. The number of hydrogen-bond donors (Lipinski definition) is 1. The van der Waals surface area contributed by atoms with Crippen molar-refractivity contribution in [3.63, 3.8) is 0 Å². The Balaban J connectivity index is 2.55. The minimum Gasteiger partial charge on any atom is -0.373 e. The molecule has 2 rings (SSSR count). The second-order valence-electron chi connectivity index (χ2n) is 4.20. The molecule has 2 aromatic rings. The SMILES string of the molecule is CCCc1nc(NC)c(C)c(-c2ccncc2)n1. The molecule has 1 N–H and O–H groups in total. The van der Waals surface area contributed by atoms with Crippen LogP contribution in [-0.4, -0.2) is 22.0 Å². The van der Waals surface area contributed by atoms with Gasteiger partial charge in [-0.15, -0.1) is 0 Å². The molecule has 0 bridgehead atoms. The van der Waals surface area contributed by atoms with Crippen LogP contribution in [0.2, 0.25) is 0 Å². The summed E-state index contributed by atoms with van der Waals surface area (Å²) in [7, 11) is 1.89. The Hall–Kier alpha value is -1.97. The first-order chi connectivity index (χ1) is 8.76. The van der Waals surface area contributed by atoms with Crippen LogP contribution in [0, 0.1) is 6.92 Å². The van der Waals surface area contributed by atoms with E-state index in [1.165, 1.54) is 0 Å². The summed E-state index contributed by atoms with van der Waals surface area (Å²) in [4.78, 5) is 13.2. The molecule has 2 heterocycles. The zero-order valence-electron chi connectivity index (χ0n) is 11.1. The maximum atomic E-state index is 4.66. The van der Waals surface area contributed by atoms with E-state index in [-0.39, 0.29) is 0 Å². The van der Waals surface area contributed by atoms with Crippen molar-refractivity contribution in [2.24, 2.45) is 0 Å². The van der Waals surface area contributed by atoms with Crippen LogP contribution >= 0.6 is 0 Å². The first-order valence-electron chi connectivity index (χ1n) is 6.22. The molecule has 0 unspecified atom stereocenters. The van der Waals surface area contributed by atoms with Crippen LogP contribution < -0.4 is 5.32 Å². The standard InChI is InChI=1S/C14H18N4/c1-4-5-12-17-13(10(2)14(15-3)18-12)11-6-8-16-9-7-11/h6-9H,4-5H2,1-3H3,(H,15,17,18). The van der Waals surface area contributed by atoms with Gasteiger partial charge in [0.05, 0.1) is 5.69 Å². The van der Waals surface area contributed by atoms with Crippen molar-refractivity contribution in [2.75, 3.05) is 12.4 Å². The van der Waals surface area contributed by atoms with Crippen molar-refractivity contribution in [3.05, 3.63) is 35.9 Å². The van der Waals surface area contributed by atoms with Gasteiger partial charge in [0.15, 0.2) is 0 Å². The van der Waals surface area contributed by atoms with E-state index in [1.807, 2.05) is 26.1 Å². The molecule has 4 heteroatoms. The van der Waals surface area contributed by atoms with Crippen molar-refractivity contribution in [3.8, 4) is 11.3 Å². The highest BCUT2D eigenvalue weighted by atomic mass is 15.0. The molecule has 4 nitrogen and oxygen atoms in total. The van der Waals surface area contributed by atoms with Gasteiger partial charge in [-0.05, 0) is 25.5 Å². The Morgan fingerprint density at radius 2 is 1.89 bits per heavy atom. The molecule has 2 aromatic heterocycles. The molecule has 0 spiro atoms. The molecule has 0 aliphatic rings. The molecular formula is C14H18N4. The predicted molar refractivity (Wildman–Crippen MR) is 73.5 cm³/mol. The molecule has 0 aliphatic carbocycles. The van der Waals surface area contributed by atoms with Gasteiger partial charge in [-0.2, -0.15) is 0 Å². The van der Waals surface area contributed by atoms with Crippen LogP contribution in [0.5, 0.6) is 0 Å². The lowest BCUT2D eigenvalue weighted by molar-refractivity contribution is 0.834. The van der Waals surface area contributed by atoms with E-state index in [1.54, 1.807) is 12.4 Å². The average Bonchev–Trinajstić information content (AvgIpc) is 2.42. The quantitative estimate of drug-likeness (QED) is 0.895. The van der Waals surface area contributed by atoms with Gasteiger partial charge in [0.2, 0.25) is 0 Å². The van der Waals surface area contributed by atoms with Crippen molar-refractivity contribution in [1.29, 1.82) is 0 Å². The highest BCUT2D eigenvalue weighted by Crippen LogP contribution is 2.25. The fourth-order valence-electron chi connectivity index (χ4n) is 1.93. The Morgan fingerprint density at radius 1 is 1.17 bits per heavy atom. The number of nitrogens with zero attached hydrogens (tertiary/aromatic N) is 3. The van der Waals surface area contributed by atoms with Crippen molar-refractivity contribution in [2.45, 2.75) is 26.7 Å². The fourth-order valence-corrected chi connectivity index (χ4v) is 1.93. The van der Waals surface area contributed by atoms with Gasteiger partial charge in [0, 0.05) is 37.0 Å². The number of aromatic nitrogens is 3. The number of nitrogens with one attached hydrogen (secondary N) is 1. The molecule has 0 saturated carbocycles. The van der Waals surface area contributed by atoms with Crippen molar-refractivity contribution >= 4 is 5.82 Å². The average molecular weight is 242 g/mol. The number of hydrogen-bond acceptors (Lipinski definition) is 4. The first kappa shape index (κ1) is 12.5. The van der Waals surface area contributed by atoms with Gasteiger partial charge < -0.3 is 5.32 Å². The second kappa shape index (κ2) is 5.58. The third-order valence-electron chi connectivity index (χ3n) is 2.86. The Morgan fingerprint density at radius 3 is 2.50 bits per heavy atom. The molecule has 18 heavy (non-hydrogen) atoms. The molecule has 0 aromatic carbocycles. The van der Waals surface area contributed by atoms with Crippen LogP contribution in [0.1, 0.15) is 24.7 Å². The summed E-state index contributed by atoms with van der Waals surface area (Å²) < 4.78 is 0. The zero-order chi connectivity index (χ0) is 13.0. The first-order valence-corrected chi connectivity index (χ1v) is 6.22. The minimum absolute atomic E-state index is 0.888. The summed E-state index contributed by atoms with van der Waals surface area (Å²) in [5, 5.41) is 3.14. The Labute approximate surface area is 108 Å². The molecule has 94 valence electrons. The van der Waals surface area contributed by atoms with E-state index >= 15 is 0 Å². The van der Waals surface area contributed by atoms with Gasteiger partial charge in [-0.1, -0.05) is 6.92 Å². The van der Waals surface area contributed by atoms with E-state index in [0.717, 1.165) is 41.3 Å². The van der Waals surface area contributed by atoms with Crippen LogP contribution in [0.15, 0.2) is 24.5 Å². The van der Waals surface area contributed by atoms with Gasteiger partial charge in [-0.3, -0.25) is 4.98 Å². The third-order valence-corrected chi connectivity index (χ3v) is 2.86. The molecule has 0 aliphatic heterocycles. The Bertz CT molecular complexity index is 523. The molecule has 0 amide bonds. The van der Waals surface area contributed by atoms with Gasteiger partial charge in [0.25, 0.3) is 0 Å². The number of aryl methyl sites for hydroxylation is 1. The minimum atomic E-state index is 0.888. The van der Waals surface area contributed by atoms with E-state index in [9.17, 15) is 0 Å². The van der Waals surface area contributed by atoms with Gasteiger partial charge in [0.1, 0.15) is 11.6 Å². The smallest absolute Gasteiger partial charge is 0.132 e. The lowest BCUT2D eigenvalue weighted by Crippen LogP contribution is -2.05. The second-order valence-corrected chi connectivity index (χ2v) is 4.20. The highest BCUT2D eigenvalue weighted by molar-refractivity contribution is 5.67. The largest absolute Gasteiger partial charge is 0.373 e. The molecule has 0 saturated heterocycles. The van der Waals surface area contributed by atoms with E-state index in [2.05, 4.69) is 27.2 Å². The Kier molecular flexibility index (Phi) is 3.87. The molecule has 0 fully saturated rings. The maximum absolute atomic E-state index is 4.66. The van der Waals surface area contributed by atoms with Crippen LogP contribution in [0.3, 0.4) is 0 Å². The lowest BCUT2D eigenvalue weighted by atomic mass is 10.1. The molecular weight excluding hydrogens is 224 g/mol. The highest BCUT2D eigenvalue weighted by Gasteiger charge is 2.11. The maximum Gasteiger partial charge on any atom is 0.132 e. The summed E-state index contributed by atoms with van der Waals surface area (Å²) >= 11 is 0. The third kappa shape index (κ3) is 2.47. The molecule has 0 radical (unpaired) electrons. The van der Waals surface area contributed by atoms with E-state index in [4.69, 9.17) is 0 Å². The molecule has 0 atom stereocenters. The van der Waals surface area contributed by atoms with Gasteiger partial charge in [-0.25, -0.2) is 9.97 Å². The van der Waals surface area contributed by atoms with Crippen LogP contribution in [0.4, 0.5) is 5.82 Å². The fraction of sp³-hybridized carbons (Fsp3) is 0.357. The predicted octanol–water partition coefficient (Wildman–Crippen LogP) is 2.84. The van der Waals surface area contributed by atoms with E-state index < -0.39 is 0 Å². The normalized spacial score (nSPS) is 10.4.